The van der Waals surface area contributed by atoms with Crippen LogP contribution in [0.3, 0.4) is 0 Å². The van der Waals surface area contributed by atoms with Crippen molar-refractivity contribution in [3.8, 4) is 5.75 Å². The van der Waals surface area contributed by atoms with Crippen molar-refractivity contribution >= 4 is 17.4 Å². The van der Waals surface area contributed by atoms with Crippen molar-refractivity contribution in [2.24, 2.45) is 0 Å². The van der Waals surface area contributed by atoms with Gasteiger partial charge in [0.2, 0.25) is 0 Å². The van der Waals surface area contributed by atoms with Crippen molar-refractivity contribution in [2.45, 2.75) is 58.4 Å². The second-order valence-electron chi connectivity index (χ2n) is 6.93. The molecule has 144 valence electrons. The van der Waals surface area contributed by atoms with Gasteiger partial charge in [-0.25, -0.2) is 9.97 Å². The van der Waals surface area contributed by atoms with Crippen LogP contribution in [-0.4, -0.2) is 28.5 Å². The van der Waals surface area contributed by atoms with Crippen LogP contribution in [0.2, 0.25) is 0 Å². The van der Waals surface area contributed by atoms with E-state index in [1.807, 2.05) is 31.2 Å². The first-order valence-electron chi connectivity index (χ1n) is 9.80. The van der Waals surface area contributed by atoms with E-state index < -0.39 is 0 Å². The Balaban J connectivity index is 1.68. The Morgan fingerprint density at radius 2 is 1.81 bits per heavy atom. The number of aryl methyl sites for hydroxylation is 1. The fourth-order valence-corrected chi connectivity index (χ4v) is 3.38. The van der Waals surface area contributed by atoms with Gasteiger partial charge >= 0.3 is 0 Å². The minimum atomic E-state index is -0.123. The van der Waals surface area contributed by atoms with E-state index in [2.05, 4.69) is 20.6 Å². The zero-order chi connectivity index (χ0) is 19.1. The van der Waals surface area contributed by atoms with E-state index in [4.69, 9.17) is 4.74 Å². The lowest BCUT2D eigenvalue weighted by molar-refractivity contribution is 0.0928. The molecule has 3 rings (SSSR count). The zero-order valence-electron chi connectivity index (χ0n) is 16.1. The molecule has 1 aliphatic carbocycles. The number of hydrogen-bond acceptors (Lipinski definition) is 5. The SMILES string of the molecule is CCOc1ccc(Nc2cc(C(=O)NC3CCCCCC3)nc(C)n2)cc1. The average molecular weight is 368 g/mol. The molecule has 0 bridgehead atoms. The first-order valence-corrected chi connectivity index (χ1v) is 9.80. The smallest absolute Gasteiger partial charge is 0.270 e. The maximum atomic E-state index is 12.7. The van der Waals surface area contributed by atoms with E-state index in [1.165, 1.54) is 25.7 Å². The number of carbonyl (C=O) groups is 1. The molecule has 0 radical (unpaired) electrons. The summed E-state index contributed by atoms with van der Waals surface area (Å²) in [6.45, 7) is 4.39. The largest absolute Gasteiger partial charge is 0.494 e. The Bertz CT molecular complexity index is 753. The lowest BCUT2D eigenvalue weighted by Gasteiger charge is -2.16. The van der Waals surface area contributed by atoms with E-state index in [-0.39, 0.29) is 11.9 Å². The maximum absolute atomic E-state index is 12.7. The predicted molar refractivity (Wildman–Crippen MR) is 107 cm³/mol. The number of nitrogens with zero attached hydrogens (tertiary/aromatic N) is 2. The molecule has 27 heavy (non-hydrogen) atoms. The molecule has 1 aromatic heterocycles. The van der Waals surface area contributed by atoms with Crippen LogP contribution in [0, 0.1) is 6.92 Å². The third-order valence-corrected chi connectivity index (χ3v) is 4.70. The predicted octanol–water partition coefficient (Wildman–Crippen LogP) is 4.38. The molecule has 2 N–H and O–H groups in total. The molecule has 0 atom stereocenters. The Kier molecular flexibility index (Phi) is 6.63. The zero-order valence-corrected chi connectivity index (χ0v) is 16.1. The van der Waals surface area contributed by atoms with Crippen molar-refractivity contribution in [2.75, 3.05) is 11.9 Å². The number of carbonyl (C=O) groups excluding carboxylic acids is 1. The average Bonchev–Trinajstić information content (AvgIpc) is 2.92. The normalized spacial score (nSPS) is 15.0. The second-order valence-corrected chi connectivity index (χ2v) is 6.93. The summed E-state index contributed by atoms with van der Waals surface area (Å²) in [6, 6.07) is 9.61. The van der Waals surface area contributed by atoms with Gasteiger partial charge in [-0.3, -0.25) is 4.79 Å². The number of aromatic nitrogens is 2. The standard InChI is InChI=1S/C21H28N4O2/c1-3-27-18-12-10-17(11-13-18)24-20-14-19(22-15(2)23-20)21(26)25-16-8-6-4-5-7-9-16/h10-14,16H,3-9H2,1-2H3,(H,25,26)(H,22,23,24). The first kappa shape index (κ1) is 19.1. The number of amides is 1. The number of ether oxygens (including phenoxy) is 1. The van der Waals surface area contributed by atoms with Crippen LogP contribution in [-0.2, 0) is 0 Å². The molecule has 0 aliphatic heterocycles. The number of hydrogen-bond donors (Lipinski definition) is 2. The van der Waals surface area contributed by atoms with Gasteiger partial charge in [0.25, 0.3) is 5.91 Å². The van der Waals surface area contributed by atoms with E-state index in [0.29, 0.717) is 23.9 Å². The Morgan fingerprint density at radius 3 is 2.48 bits per heavy atom. The van der Waals surface area contributed by atoms with E-state index in [0.717, 1.165) is 24.3 Å². The van der Waals surface area contributed by atoms with Gasteiger partial charge in [0.15, 0.2) is 0 Å². The van der Waals surface area contributed by atoms with Gasteiger partial charge in [0, 0.05) is 17.8 Å². The Morgan fingerprint density at radius 1 is 1.11 bits per heavy atom. The molecule has 1 heterocycles. The number of nitrogens with one attached hydrogen (secondary N) is 2. The van der Waals surface area contributed by atoms with E-state index >= 15 is 0 Å². The van der Waals surface area contributed by atoms with Gasteiger partial charge in [0.05, 0.1) is 6.61 Å². The summed E-state index contributed by atoms with van der Waals surface area (Å²) in [5.74, 6) is 1.88. The first-order chi connectivity index (χ1) is 13.1. The summed E-state index contributed by atoms with van der Waals surface area (Å²) >= 11 is 0. The monoisotopic (exact) mass is 368 g/mol. The van der Waals surface area contributed by atoms with Gasteiger partial charge in [0.1, 0.15) is 23.1 Å². The molecule has 0 spiro atoms. The van der Waals surface area contributed by atoms with Crippen molar-refractivity contribution < 1.29 is 9.53 Å². The highest BCUT2D eigenvalue weighted by Crippen LogP contribution is 2.20. The summed E-state index contributed by atoms with van der Waals surface area (Å²) in [4.78, 5) is 21.4. The van der Waals surface area contributed by atoms with Crippen molar-refractivity contribution in [3.63, 3.8) is 0 Å². The Hall–Kier alpha value is -2.63. The van der Waals surface area contributed by atoms with Crippen LogP contribution in [0.25, 0.3) is 0 Å². The third kappa shape index (κ3) is 5.67. The highest BCUT2D eigenvalue weighted by Gasteiger charge is 2.17. The van der Waals surface area contributed by atoms with Gasteiger partial charge < -0.3 is 15.4 Å². The molecular weight excluding hydrogens is 340 g/mol. The van der Waals surface area contributed by atoms with Crippen LogP contribution >= 0.6 is 0 Å². The minimum Gasteiger partial charge on any atom is -0.494 e. The summed E-state index contributed by atoms with van der Waals surface area (Å²) < 4.78 is 5.46. The molecule has 1 saturated carbocycles. The van der Waals surface area contributed by atoms with E-state index in [1.54, 1.807) is 13.0 Å². The van der Waals surface area contributed by atoms with Crippen molar-refractivity contribution in [3.05, 3.63) is 41.9 Å². The van der Waals surface area contributed by atoms with Crippen molar-refractivity contribution in [1.82, 2.24) is 15.3 Å². The Labute approximate surface area is 160 Å². The van der Waals surface area contributed by atoms with Gasteiger partial charge in [-0.05, 0) is 51.0 Å². The van der Waals surface area contributed by atoms with Crippen LogP contribution < -0.4 is 15.4 Å². The molecule has 1 amide bonds. The van der Waals surface area contributed by atoms with Gasteiger partial charge in [-0.1, -0.05) is 25.7 Å². The molecular formula is C21H28N4O2. The summed E-state index contributed by atoms with van der Waals surface area (Å²) in [7, 11) is 0. The van der Waals surface area contributed by atoms with Gasteiger partial charge in [-0.2, -0.15) is 0 Å². The highest BCUT2D eigenvalue weighted by atomic mass is 16.5. The molecule has 0 unspecified atom stereocenters. The highest BCUT2D eigenvalue weighted by molar-refractivity contribution is 5.93. The molecule has 6 heteroatoms. The van der Waals surface area contributed by atoms with Crippen LogP contribution in [0.5, 0.6) is 5.75 Å². The van der Waals surface area contributed by atoms with Crippen LogP contribution in [0.1, 0.15) is 61.8 Å². The molecule has 6 nitrogen and oxygen atoms in total. The summed E-state index contributed by atoms with van der Waals surface area (Å²) in [6.07, 6.45) is 6.97. The number of anilines is 2. The molecule has 0 saturated heterocycles. The maximum Gasteiger partial charge on any atom is 0.270 e. The lowest BCUT2D eigenvalue weighted by atomic mass is 10.1. The van der Waals surface area contributed by atoms with Gasteiger partial charge in [-0.15, -0.1) is 0 Å². The van der Waals surface area contributed by atoms with Crippen molar-refractivity contribution in [1.29, 1.82) is 0 Å². The lowest BCUT2D eigenvalue weighted by Crippen LogP contribution is -2.35. The quantitative estimate of drug-likeness (QED) is 0.740. The fourth-order valence-electron chi connectivity index (χ4n) is 3.38. The summed E-state index contributed by atoms with van der Waals surface area (Å²) in [5, 5.41) is 6.38. The fraction of sp³-hybridized carbons (Fsp3) is 0.476. The molecule has 1 aliphatic rings. The third-order valence-electron chi connectivity index (χ3n) is 4.70. The molecule has 2 aromatic rings. The van der Waals surface area contributed by atoms with Crippen LogP contribution in [0.15, 0.2) is 30.3 Å². The summed E-state index contributed by atoms with van der Waals surface area (Å²) in [5.41, 5.74) is 1.28. The number of rotatable bonds is 6. The number of benzene rings is 1. The minimum absolute atomic E-state index is 0.123. The second kappa shape index (κ2) is 9.35. The topological polar surface area (TPSA) is 76.1 Å². The van der Waals surface area contributed by atoms with Crippen LogP contribution in [0.4, 0.5) is 11.5 Å². The molecule has 1 aromatic carbocycles. The molecule has 1 fully saturated rings. The van der Waals surface area contributed by atoms with E-state index in [9.17, 15) is 4.79 Å².